The van der Waals surface area contributed by atoms with Crippen molar-refractivity contribution in [2.45, 2.75) is 0 Å². The second-order valence-electron chi connectivity index (χ2n) is 2.69. The summed E-state index contributed by atoms with van der Waals surface area (Å²) in [6, 6.07) is 3.79. The van der Waals surface area contributed by atoms with Crippen molar-refractivity contribution in [2.24, 2.45) is 7.05 Å². The Morgan fingerprint density at radius 2 is 2.23 bits per heavy atom. The summed E-state index contributed by atoms with van der Waals surface area (Å²) in [7, 11) is 3.48. The second-order valence-corrected chi connectivity index (χ2v) is 3.54. The second kappa shape index (κ2) is 2.99. The molecular formula is C8H8BrN3O. The molecule has 1 heterocycles. The molecule has 0 radical (unpaired) electrons. The van der Waals surface area contributed by atoms with Crippen LogP contribution in [0.15, 0.2) is 16.6 Å². The van der Waals surface area contributed by atoms with Crippen LogP contribution in [0.3, 0.4) is 0 Å². The number of methoxy groups -OCH3 is 1. The molecule has 1 aromatic heterocycles. The highest BCUT2D eigenvalue weighted by Crippen LogP contribution is 2.28. The quantitative estimate of drug-likeness (QED) is 0.764. The normalized spacial score (nSPS) is 10.7. The Morgan fingerprint density at radius 3 is 2.92 bits per heavy atom. The number of aromatic nitrogens is 3. The zero-order chi connectivity index (χ0) is 9.42. The third kappa shape index (κ3) is 1.29. The zero-order valence-corrected chi connectivity index (χ0v) is 8.87. The van der Waals surface area contributed by atoms with Gasteiger partial charge in [0.05, 0.1) is 17.1 Å². The van der Waals surface area contributed by atoms with Gasteiger partial charge in [-0.1, -0.05) is 5.21 Å². The fourth-order valence-corrected chi connectivity index (χ4v) is 1.68. The predicted molar refractivity (Wildman–Crippen MR) is 52.8 cm³/mol. The molecule has 0 aliphatic carbocycles. The molecule has 1 aromatic carbocycles. The molecule has 5 heteroatoms. The van der Waals surface area contributed by atoms with E-state index in [4.69, 9.17) is 4.74 Å². The summed E-state index contributed by atoms with van der Waals surface area (Å²) in [5.74, 6) is 0.790. The van der Waals surface area contributed by atoms with Gasteiger partial charge in [-0.25, -0.2) is 4.68 Å². The van der Waals surface area contributed by atoms with E-state index in [1.165, 1.54) is 0 Å². The lowest BCUT2D eigenvalue weighted by Gasteiger charge is -2.02. The standard InChI is InChI=1S/C8H8BrN3O/c1-12-7-4-8(13-2)5(9)3-6(7)10-11-12/h3-4H,1-2H3. The third-order valence-electron chi connectivity index (χ3n) is 1.88. The van der Waals surface area contributed by atoms with E-state index in [-0.39, 0.29) is 0 Å². The molecule has 0 aliphatic heterocycles. The Bertz CT molecular complexity index is 452. The minimum Gasteiger partial charge on any atom is -0.495 e. The van der Waals surface area contributed by atoms with Gasteiger partial charge in [0.25, 0.3) is 0 Å². The molecule has 0 spiro atoms. The van der Waals surface area contributed by atoms with Gasteiger partial charge in [-0.3, -0.25) is 0 Å². The molecule has 0 fully saturated rings. The number of halogens is 1. The van der Waals surface area contributed by atoms with Crippen molar-refractivity contribution in [3.63, 3.8) is 0 Å². The number of ether oxygens (including phenoxy) is 1. The molecule has 0 atom stereocenters. The number of fused-ring (bicyclic) bond motifs is 1. The summed E-state index contributed by atoms with van der Waals surface area (Å²) in [5, 5.41) is 7.88. The van der Waals surface area contributed by atoms with Crippen molar-refractivity contribution in [3.05, 3.63) is 16.6 Å². The van der Waals surface area contributed by atoms with Crippen LogP contribution in [0.1, 0.15) is 0 Å². The Balaban J connectivity index is 2.77. The highest BCUT2D eigenvalue weighted by molar-refractivity contribution is 9.10. The number of nitrogens with zero attached hydrogens (tertiary/aromatic N) is 3. The SMILES string of the molecule is COc1cc2c(cc1Br)nnn2C. The van der Waals surface area contributed by atoms with Crippen LogP contribution in [-0.2, 0) is 7.05 Å². The van der Waals surface area contributed by atoms with Crippen LogP contribution in [-0.4, -0.2) is 22.1 Å². The van der Waals surface area contributed by atoms with E-state index < -0.39 is 0 Å². The first-order chi connectivity index (χ1) is 6.22. The van der Waals surface area contributed by atoms with Gasteiger partial charge in [0.1, 0.15) is 11.3 Å². The molecule has 4 nitrogen and oxygen atoms in total. The molecular weight excluding hydrogens is 234 g/mol. The summed E-state index contributed by atoms with van der Waals surface area (Å²) in [5.41, 5.74) is 1.82. The van der Waals surface area contributed by atoms with Gasteiger partial charge in [0.15, 0.2) is 0 Å². The van der Waals surface area contributed by atoms with E-state index in [1.807, 2.05) is 19.2 Å². The summed E-state index contributed by atoms with van der Waals surface area (Å²) in [6.45, 7) is 0. The van der Waals surface area contributed by atoms with E-state index in [0.717, 1.165) is 21.3 Å². The third-order valence-corrected chi connectivity index (χ3v) is 2.50. The van der Waals surface area contributed by atoms with Gasteiger partial charge in [-0.15, -0.1) is 5.10 Å². The molecule has 2 aromatic rings. The Hall–Kier alpha value is -1.10. The molecule has 0 N–H and O–H groups in total. The van der Waals surface area contributed by atoms with Crippen molar-refractivity contribution >= 4 is 27.0 Å². The number of hydrogen-bond donors (Lipinski definition) is 0. The fraction of sp³-hybridized carbons (Fsp3) is 0.250. The minimum atomic E-state index is 0.790. The van der Waals surface area contributed by atoms with E-state index in [2.05, 4.69) is 26.2 Å². The molecule has 0 amide bonds. The molecule has 13 heavy (non-hydrogen) atoms. The summed E-state index contributed by atoms with van der Waals surface area (Å²) in [4.78, 5) is 0. The lowest BCUT2D eigenvalue weighted by atomic mass is 10.3. The van der Waals surface area contributed by atoms with Gasteiger partial charge in [0.2, 0.25) is 0 Å². The Kier molecular flexibility index (Phi) is 1.95. The highest BCUT2D eigenvalue weighted by atomic mass is 79.9. The topological polar surface area (TPSA) is 39.9 Å². The lowest BCUT2D eigenvalue weighted by molar-refractivity contribution is 0.412. The van der Waals surface area contributed by atoms with Gasteiger partial charge >= 0.3 is 0 Å². The maximum Gasteiger partial charge on any atom is 0.135 e. The first-order valence-corrected chi connectivity index (χ1v) is 4.54. The van der Waals surface area contributed by atoms with Gasteiger partial charge in [-0.05, 0) is 22.0 Å². The Labute approximate surface area is 83.6 Å². The van der Waals surface area contributed by atoms with Crippen molar-refractivity contribution in [3.8, 4) is 5.75 Å². The first-order valence-electron chi connectivity index (χ1n) is 3.75. The average molecular weight is 242 g/mol. The van der Waals surface area contributed by atoms with Crippen LogP contribution in [0, 0.1) is 0 Å². The fourth-order valence-electron chi connectivity index (χ4n) is 1.19. The van der Waals surface area contributed by atoms with Crippen LogP contribution in [0.4, 0.5) is 0 Å². The largest absolute Gasteiger partial charge is 0.495 e. The van der Waals surface area contributed by atoms with Gasteiger partial charge in [-0.2, -0.15) is 0 Å². The molecule has 0 saturated heterocycles. The van der Waals surface area contributed by atoms with Crippen LogP contribution >= 0.6 is 15.9 Å². The van der Waals surface area contributed by atoms with Crippen LogP contribution in [0.2, 0.25) is 0 Å². The van der Waals surface area contributed by atoms with E-state index >= 15 is 0 Å². The number of benzene rings is 1. The summed E-state index contributed by atoms with van der Waals surface area (Å²) < 4.78 is 7.77. The van der Waals surface area contributed by atoms with E-state index in [0.29, 0.717) is 0 Å². The number of aryl methyl sites for hydroxylation is 1. The minimum absolute atomic E-state index is 0.790. The van der Waals surface area contributed by atoms with Gasteiger partial charge in [0, 0.05) is 13.1 Å². The van der Waals surface area contributed by atoms with E-state index in [1.54, 1.807) is 11.8 Å². The molecule has 0 bridgehead atoms. The Morgan fingerprint density at radius 1 is 1.46 bits per heavy atom. The van der Waals surface area contributed by atoms with Crippen LogP contribution in [0.25, 0.3) is 11.0 Å². The average Bonchev–Trinajstić information content (AvgIpc) is 2.46. The van der Waals surface area contributed by atoms with Crippen molar-refractivity contribution < 1.29 is 4.74 Å². The molecule has 0 unspecified atom stereocenters. The predicted octanol–water partition coefficient (Wildman–Crippen LogP) is 1.74. The van der Waals surface area contributed by atoms with E-state index in [9.17, 15) is 0 Å². The van der Waals surface area contributed by atoms with Crippen molar-refractivity contribution in [1.82, 2.24) is 15.0 Å². The smallest absolute Gasteiger partial charge is 0.135 e. The summed E-state index contributed by atoms with van der Waals surface area (Å²) in [6.07, 6.45) is 0. The first kappa shape index (κ1) is 8.50. The molecule has 0 saturated carbocycles. The highest BCUT2D eigenvalue weighted by Gasteiger charge is 2.06. The lowest BCUT2D eigenvalue weighted by Crippen LogP contribution is -1.90. The number of rotatable bonds is 1. The molecule has 0 aliphatic rings. The maximum atomic E-state index is 5.16. The van der Waals surface area contributed by atoms with Crippen LogP contribution in [0.5, 0.6) is 5.75 Å². The molecule has 2 rings (SSSR count). The van der Waals surface area contributed by atoms with Crippen molar-refractivity contribution in [2.75, 3.05) is 7.11 Å². The van der Waals surface area contributed by atoms with Crippen molar-refractivity contribution in [1.29, 1.82) is 0 Å². The number of hydrogen-bond acceptors (Lipinski definition) is 3. The summed E-state index contributed by atoms with van der Waals surface area (Å²) >= 11 is 3.38. The molecule has 68 valence electrons. The zero-order valence-electron chi connectivity index (χ0n) is 7.28. The maximum absolute atomic E-state index is 5.16. The van der Waals surface area contributed by atoms with Crippen LogP contribution < -0.4 is 4.74 Å². The van der Waals surface area contributed by atoms with Gasteiger partial charge < -0.3 is 4.74 Å². The monoisotopic (exact) mass is 241 g/mol.